The predicted octanol–water partition coefficient (Wildman–Crippen LogP) is 3.05. The highest BCUT2D eigenvalue weighted by molar-refractivity contribution is 5.74. The maximum Gasteiger partial charge on any atom is 0.123 e. The third-order valence-corrected chi connectivity index (χ3v) is 3.20. The summed E-state index contributed by atoms with van der Waals surface area (Å²) in [6.45, 7) is 0. The van der Waals surface area contributed by atoms with E-state index in [1.54, 1.807) is 24.5 Å². The lowest BCUT2D eigenvalue weighted by Crippen LogP contribution is -2.02. The fraction of sp³-hybridized carbons (Fsp3) is 0.125. The van der Waals surface area contributed by atoms with Gasteiger partial charge in [-0.25, -0.2) is 4.39 Å². The van der Waals surface area contributed by atoms with E-state index in [9.17, 15) is 9.50 Å². The second kappa shape index (κ2) is 5.35. The largest absolute Gasteiger partial charge is 0.388 e. The number of fused-ring (bicyclic) bond motifs is 1. The van der Waals surface area contributed by atoms with E-state index >= 15 is 0 Å². The molecule has 3 nitrogen and oxygen atoms in total. The molecule has 0 radical (unpaired) electrons. The van der Waals surface area contributed by atoms with Gasteiger partial charge in [-0.1, -0.05) is 18.2 Å². The van der Waals surface area contributed by atoms with E-state index in [0.29, 0.717) is 6.42 Å². The molecule has 0 saturated carbocycles. The van der Waals surface area contributed by atoms with Crippen molar-refractivity contribution in [2.75, 3.05) is 0 Å². The summed E-state index contributed by atoms with van der Waals surface area (Å²) in [4.78, 5) is 8.40. The lowest BCUT2D eigenvalue weighted by molar-refractivity contribution is 0.178. The van der Waals surface area contributed by atoms with Gasteiger partial charge in [-0.3, -0.25) is 9.97 Å². The molecule has 1 heterocycles. The Hall–Kier alpha value is -2.33. The van der Waals surface area contributed by atoms with Crippen LogP contribution in [-0.4, -0.2) is 15.1 Å². The molecular weight excluding hydrogens is 255 g/mol. The van der Waals surface area contributed by atoms with Crippen LogP contribution in [-0.2, 0) is 6.42 Å². The van der Waals surface area contributed by atoms with Crippen molar-refractivity contribution in [3.63, 3.8) is 0 Å². The molecule has 0 aliphatic rings. The monoisotopic (exact) mass is 268 g/mol. The molecule has 4 heteroatoms. The standard InChI is InChI=1S/C16H13FN2O/c17-13-3-1-2-11(8-13)9-16(20)12-4-5-14-15(10-12)19-7-6-18-14/h1-8,10,16,20H,9H2. The minimum absolute atomic E-state index is 0.293. The van der Waals surface area contributed by atoms with Gasteiger partial charge in [0.2, 0.25) is 0 Å². The first-order valence-corrected chi connectivity index (χ1v) is 6.35. The molecule has 0 aliphatic carbocycles. The Morgan fingerprint density at radius 1 is 1.00 bits per heavy atom. The second-order valence-electron chi connectivity index (χ2n) is 4.65. The Bertz CT molecular complexity index is 745. The molecular formula is C16H13FN2O. The zero-order chi connectivity index (χ0) is 13.9. The first kappa shape index (κ1) is 12.7. The molecule has 0 amide bonds. The third-order valence-electron chi connectivity index (χ3n) is 3.20. The van der Waals surface area contributed by atoms with Crippen LogP contribution in [0.1, 0.15) is 17.2 Å². The summed E-state index contributed by atoms with van der Waals surface area (Å²) < 4.78 is 13.1. The summed E-state index contributed by atoms with van der Waals surface area (Å²) >= 11 is 0. The first-order valence-electron chi connectivity index (χ1n) is 6.35. The van der Waals surface area contributed by atoms with E-state index in [-0.39, 0.29) is 5.82 Å². The number of halogens is 1. The molecule has 1 unspecified atom stereocenters. The van der Waals surface area contributed by atoms with Crippen molar-refractivity contribution < 1.29 is 9.50 Å². The number of hydrogen-bond donors (Lipinski definition) is 1. The van der Waals surface area contributed by atoms with Gasteiger partial charge < -0.3 is 5.11 Å². The molecule has 100 valence electrons. The molecule has 1 aromatic heterocycles. The van der Waals surface area contributed by atoms with E-state index in [1.165, 1.54) is 12.1 Å². The maximum absolute atomic E-state index is 13.1. The molecule has 0 spiro atoms. The molecule has 0 fully saturated rings. The molecule has 3 rings (SSSR count). The molecule has 20 heavy (non-hydrogen) atoms. The summed E-state index contributed by atoms with van der Waals surface area (Å²) in [6.07, 6.45) is 2.92. The number of hydrogen-bond acceptors (Lipinski definition) is 3. The number of benzene rings is 2. The first-order chi connectivity index (χ1) is 9.72. The van der Waals surface area contributed by atoms with Crippen LogP contribution < -0.4 is 0 Å². The van der Waals surface area contributed by atoms with Crippen molar-refractivity contribution in [1.29, 1.82) is 0 Å². The van der Waals surface area contributed by atoms with Gasteiger partial charge in [-0.15, -0.1) is 0 Å². The van der Waals surface area contributed by atoms with E-state index < -0.39 is 6.10 Å². The van der Waals surface area contributed by atoms with Crippen LogP contribution in [0.5, 0.6) is 0 Å². The molecule has 0 aliphatic heterocycles. The van der Waals surface area contributed by atoms with Gasteiger partial charge in [0.1, 0.15) is 5.82 Å². The van der Waals surface area contributed by atoms with Crippen LogP contribution in [0.2, 0.25) is 0 Å². The van der Waals surface area contributed by atoms with Crippen LogP contribution >= 0.6 is 0 Å². The van der Waals surface area contributed by atoms with Crippen molar-refractivity contribution in [2.45, 2.75) is 12.5 Å². The molecule has 3 aromatic rings. The Labute approximate surface area is 115 Å². The van der Waals surface area contributed by atoms with Crippen molar-refractivity contribution in [2.24, 2.45) is 0 Å². The third kappa shape index (κ3) is 2.65. The maximum atomic E-state index is 13.1. The van der Waals surface area contributed by atoms with Gasteiger partial charge in [0.15, 0.2) is 0 Å². The number of nitrogens with zero attached hydrogens (tertiary/aromatic N) is 2. The number of aliphatic hydroxyl groups is 1. The van der Waals surface area contributed by atoms with Gasteiger partial charge in [-0.05, 0) is 35.4 Å². The number of rotatable bonds is 3. The average Bonchev–Trinajstić information content (AvgIpc) is 2.47. The van der Waals surface area contributed by atoms with Crippen LogP contribution in [0.15, 0.2) is 54.9 Å². The van der Waals surface area contributed by atoms with Gasteiger partial charge in [0.25, 0.3) is 0 Å². The minimum atomic E-state index is -0.691. The van der Waals surface area contributed by atoms with Crippen LogP contribution in [0.3, 0.4) is 0 Å². The smallest absolute Gasteiger partial charge is 0.123 e. The molecule has 1 N–H and O–H groups in total. The number of aliphatic hydroxyl groups excluding tert-OH is 1. The quantitative estimate of drug-likeness (QED) is 0.794. The normalized spacial score (nSPS) is 12.5. The summed E-state index contributed by atoms with van der Waals surface area (Å²) in [5, 5.41) is 10.3. The topological polar surface area (TPSA) is 46.0 Å². The highest BCUT2D eigenvalue weighted by Crippen LogP contribution is 2.21. The zero-order valence-corrected chi connectivity index (χ0v) is 10.7. The lowest BCUT2D eigenvalue weighted by atomic mass is 10.0. The van der Waals surface area contributed by atoms with Crippen LogP contribution in [0, 0.1) is 5.82 Å². The number of aromatic nitrogens is 2. The Kier molecular flexibility index (Phi) is 3.39. The minimum Gasteiger partial charge on any atom is -0.388 e. The second-order valence-corrected chi connectivity index (χ2v) is 4.65. The predicted molar refractivity (Wildman–Crippen MR) is 74.6 cm³/mol. The Morgan fingerprint density at radius 2 is 1.80 bits per heavy atom. The van der Waals surface area contributed by atoms with E-state index in [1.807, 2.05) is 18.2 Å². The van der Waals surface area contributed by atoms with Crippen LogP contribution in [0.25, 0.3) is 11.0 Å². The lowest BCUT2D eigenvalue weighted by Gasteiger charge is -2.11. The highest BCUT2D eigenvalue weighted by atomic mass is 19.1. The van der Waals surface area contributed by atoms with E-state index in [4.69, 9.17) is 0 Å². The molecule has 1 atom stereocenters. The summed E-state index contributed by atoms with van der Waals surface area (Å²) in [5.74, 6) is -0.293. The van der Waals surface area contributed by atoms with Crippen molar-refractivity contribution in [3.05, 3.63) is 71.8 Å². The van der Waals surface area contributed by atoms with Gasteiger partial charge in [-0.2, -0.15) is 0 Å². The molecule has 2 aromatic carbocycles. The highest BCUT2D eigenvalue weighted by Gasteiger charge is 2.10. The van der Waals surface area contributed by atoms with Gasteiger partial charge in [0, 0.05) is 18.8 Å². The van der Waals surface area contributed by atoms with Crippen molar-refractivity contribution in [3.8, 4) is 0 Å². The van der Waals surface area contributed by atoms with Gasteiger partial charge >= 0.3 is 0 Å². The van der Waals surface area contributed by atoms with Crippen LogP contribution in [0.4, 0.5) is 4.39 Å². The SMILES string of the molecule is OC(Cc1cccc(F)c1)c1ccc2nccnc2c1. The summed E-state index contributed by atoms with van der Waals surface area (Å²) in [6, 6.07) is 11.7. The van der Waals surface area contributed by atoms with Crippen molar-refractivity contribution in [1.82, 2.24) is 9.97 Å². The molecule has 0 bridgehead atoms. The fourth-order valence-corrected chi connectivity index (χ4v) is 2.19. The Balaban J connectivity index is 1.86. The fourth-order valence-electron chi connectivity index (χ4n) is 2.19. The van der Waals surface area contributed by atoms with Gasteiger partial charge in [0.05, 0.1) is 17.1 Å². The Morgan fingerprint density at radius 3 is 2.60 bits per heavy atom. The van der Waals surface area contributed by atoms with Crippen molar-refractivity contribution >= 4 is 11.0 Å². The zero-order valence-electron chi connectivity index (χ0n) is 10.7. The van der Waals surface area contributed by atoms with E-state index in [2.05, 4.69) is 9.97 Å². The summed E-state index contributed by atoms with van der Waals surface area (Å²) in [5.41, 5.74) is 3.04. The summed E-state index contributed by atoms with van der Waals surface area (Å²) in [7, 11) is 0. The molecule has 0 saturated heterocycles. The van der Waals surface area contributed by atoms with E-state index in [0.717, 1.165) is 22.2 Å². The average molecular weight is 268 g/mol.